The second kappa shape index (κ2) is 4.08. The summed E-state index contributed by atoms with van der Waals surface area (Å²) in [6, 6.07) is 3.21. The Bertz CT molecular complexity index is 497. The first-order valence-corrected chi connectivity index (χ1v) is 5.40. The predicted octanol–water partition coefficient (Wildman–Crippen LogP) is 1.53. The van der Waals surface area contributed by atoms with E-state index in [0.29, 0.717) is 18.8 Å². The average molecular weight is 234 g/mol. The van der Waals surface area contributed by atoms with Crippen molar-refractivity contribution in [3.63, 3.8) is 0 Å². The molecule has 0 radical (unpaired) electrons. The predicted molar refractivity (Wildman–Crippen MR) is 63.6 cm³/mol. The number of urea groups is 1. The van der Waals surface area contributed by atoms with Crippen molar-refractivity contribution in [1.82, 2.24) is 5.32 Å². The Labute approximate surface area is 99.0 Å². The Kier molecular flexibility index (Phi) is 2.75. The van der Waals surface area contributed by atoms with Crippen molar-refractivity contribution in [3.8, 4) is 0 Å². The van der Waals surface area contributed by atoms with Gasteiger partial charge in [-0.3, -0.25) is 4.90 Å². The van der Waals surface area contributed by atoms with Gasteiger partial charge in [0, 0.05) is 18.8 Å². The van der Waals surface area contributed by atoms with E-state index in [1.807, 2.05) is 13.0 Å². The largest absolute Gasteiger partial charge is 0.478 e. The molecule has 5 nitrogen and oxygen atoms in total. The molecule has 1 saturated heterocycles. The van der Waals surface area contributed by atoms with Gasteiger partial charge >= 0.3 is 12.0 Å². The summed E-state index contributed by atoms with van der Waals surface area (Å²) in [7, 11) is 0. The smallest absolute Gasteiger partial charge is 0.336 e. The van der Waals surface area contributed by atoms with Crippen LogP contribution >= 0.6 is 0 Å². The molecule has 1 aromatic rings. The summed E-state index contributed by atoms with van der Waals surface area (Å²) in [5, 5.41) is 11.8. The lowest BCUT2D eigenvalue weighted by atomic mass is 10.0. The van der Waals surface area contributed by atoms with Crippen LogP contribution in [-0.4, -0.2) is 30.2 Å². The maximum atomic E-state index is 11.5. The van der Waals surface area contributed by atoms with E-state index < -0.39 is 5.97 Å². The van der Waals surface area contributed by atoms with E-state index in [0.717, 1.165) is 11.1 Å². The van der Waals surface area contributed by atoms with Crippen LogP contribution in [0.2, 0.25) is 0 Å². The number of hydrogen-bond acceptors (Lipinski definition) is 2. The molecule has 0 atom stereocenters. The summed E-state index contributed by atoms with van der Waals surface area (Å²) >= 11 is 0. The highest BCUT2D eigenvalue weighted by molar-refractivity contribution is 5.97. The van der Waals surface area contributed by atoms with Gasteiger partial charge in [-0.1, -0.05) is 0 Å². The van der Waals surface area contributed by atoms with E-state index in [9.17, 15) is 9.59 Å². The first kappa shape index (κ1) is 11.4. The Morgan fingerprint density at radius 1 is 1.41 bits per heavy atom. The number of carboxylic acids is 1. The van der Waals surface area contributed by atoms with Crippen LogP contribution in [0, 0.1) is 13.8 Å². The molecular formula is C12H14N2O3. The molecule has 1 aliphatic heterocycles. The standard InChI is InChI=1S/C12H14N2O3/c1-7-5-9(14-4-3-13-12(14)17)6-10(8(7)2)11(15)16/h5-6H,3-4H2,1-2H3,(H,13,17)(H,15,16). The number of benzene rings is 1. The molecule has 5 heteroatoms. The summed E-state index contributed by atoms with van der Waals surface area (Å²) in [6.07, 6.45) is 0. The highest BCUT2D eigenvalue weighted by Gasteiger charge is 2.23. The van der Waals surface area contributed by atoms with Gasteiger partial charge < -0.3 is 10.4 Å². The Balaban J connectivity index is 2.49. The molecule has 1 heterocycles. The summed E-state index contributed by atoms with van der Waals surface area (Å²) < 4.78 is 0. The van der Waals surface area contributed by atoms with Crippen LogP contribution in [-0.2, 0) is 0 Å². The number of carboxylic acid groups (broad SMARTS) is 1. The van der Waals surface area contributed by atoms with Crippen LogP contribution in [0.1, 0.15) is 21.5 Å². The normalized spacial score (nSPS) is 14.9. The first-order valence-electron chi connectivity index (χ1n) is 5.40. The molecule has 2 rings (SSSR count). The van der Waals surface area contributed by atoms with E-state index in [4.69, 9.17) is 5.11 Å². The third-order valence-electron chi connectivity index (χ3n) is 3.05. The minimum absolute atomic E-state index is 0.176. The Hall–Kier alpha value is -2.04. The number of nitrogens with zero attached hydrogens (tertiary/aromatic N) is 1. The molecule has 0 aromatic heterocycles. The van der Waals surface area contributed by atoms with Gasteiger partial charge in [0.15, 0.2) is 0 Å². The summed E-state index contributed by atoms with van der Waals surface area (Å²) in [4.78, 5) is 24.2. The molecule has 0 bridgehead atoms. The van der Waals surface area contributed by atoms with Crippen molar-refractivity contribution in [2.75, 3.05) is 18.0 Å². The number of hydrogen-bond donors (Lipinski definition) is 2. The minimum atomic E-state index is -0.966. The van der Waals surface area contributed by atoms with Crippen LogP contribution in [0.15, 0.2) is 12.1 Å². The van der Waals surface area contributed by atoms with Gasteiger partial charge in [0.1, 0.15) is 0 Å². The van der Waals surface area contributed by atoms with E-state index in [2.05, 4.69) is 5.32 Å². The highest BCUT2D eigenvalue weighted by atomic mass is 16.4. The number of aromatic carboxylic acids is 1. The molecular weight excluding hydrogens is 220 g/mol. The van der Waals surface area contributed by atoms with Crippen LogP contribution in [0.4, 0.5) is 10.5 Å². The SMILES string of the molecule is Cc1cc(N2CCNC2=O)cc(C(=O)O)c1C. The number of rotatable bonds is 2. The van der Waals surface area contributed by atoms with Crippen LogP contribution in [0.25, 0.3) is 0 Å². The quantitative estimate of drug-likeness (QED) is 0.815. The fourth-order valence-corrected chi connectivity index (χ4v) is 1.94. The maximum absolute atomic E-state index is 11.5. The van der Waals surface area contributed by atoms with Gasteiger partial charge in [-0.25, -0.2) is 9.59 Å². The first-order chi connectivity index (χ1) is 8.00. The van der Waals surface area contributed by atoms with Gasteiger partial charge in [-0.05, 0) is 37.1 Å². The second-order valence-corrected chi connectivity index (χ2v) is 4.12. The van der Waals surface area contributed by atoms with Gasteiger partial charge in [-0.15, -0.1) is 0 Å². The maximum Gasteiger partial charge on any atom is 0.336 e. The van der Waals surface area contributed by atoms with Crippen molar-refractivity contribution in [2.45, 2.75) is 13.8 Å². The molecule has 1 aliphatic rings. The van der Waals surface area contributed by atoms with Crippen LogP contribution in [0.3, 0.4) is 0 Å². The number of carbonyl (C=O) groups is 2. The van der Waals surface area contributed by atoms with Crippen molar-refractivity contribution in [1.29, 1.82) is 0 Å². The number of anilines is 1. The van der Waals surface area contributed by atoms with E-state index in [1.165, 1.54) is 0 Å². The molecule has 0 saturated carbocycles. The fourth-order valence-electron chi connectivity index (χ4n) is 1.94. The molecule has 2 amide bonds. The lowest BCUT2D eigenvalue weighted by Crippen LogP contribution is -2.28. The second-order valence-electron chi connectivity index (χ2n) is 4.12. The lowest BCUT2D eigenvalue weighted by Gasteiger charge is -2.17. The monoisotopic (exact) mass is 234 g/mol. The Morgan fingerprint density at radius 2 is 2.12 bits per heavy atom. The van der Waals surface area contributed by atoms with Crippen molar-refractivity contribution < 1.29 is 14.7 Å². The molecule has 0 unspecified atom stereocenters. The molecule has 0 spiro atoms. The van der Waals surface area contributed by atoms with Gasteiger partial charge in [0.25, 0.3) is 0 Å². The fraction of sp³-hybridized carbons (Fsp3) is 0.333. The molecule has 17 heavy (non-hydrogen) atoms. The Morgan fingerprint density at radius 3 is 2.65 bits per heavy atom. The molecule has 0 aliphatic carbocycles. The number of nitrogens with one attached hydrogen (secondary N) is 1. The molecule has 1 fully saturated rings. The zero-order valence-corrected chi connectivity index (χ0v) is 9.78. The van der Waals surface area contributed by atoms with E-state index in [1.54, 1.807) is 17.9 Å². The number of aryl methyl sites for hydroxylation is 1. The average Bonchev–Trinajstić information content (AvgIpc) is 2.68. The summed E-state index contributed by atoms with van der Waals surface area (Å²) in [5.74, 6) is -0.966. The van der Waals surface area contributed by atoms with Gasteiger partial charge in [0.05, 0.1) is 5.56 Å². The van der Waals surface area contributed by atoms with Crippen molar-refractivity contribution in [2.24, 2.45) is 0 Å². The van der Waals surface area contributed by atoms with E-state index >= 15 is 0 Å². The van der Waals surface area contributed by atoms with Crippen LogP contribution < -0.4 is 10.2 Å². The molecule has 90 valence electrons. The minimum Gasteiger partial charge on any atom is -0.478 e. The van der Waals surface area contributed by atoms with Crippen LogP contribution in [0.5, 0.6) is 0 Å². The topological polar surface area (TPSA) is 69.6 Å². The molecule has 2 N–H and O–H groups in total. The summed E-state index contributed by atoms with van der Waals surface area (Å²) in [6.45, 7) is 4.78. The third-order valence-corrected chi connectivity index (χ3v) is 3.05. The highest BCUT2D eigenvalue weighted by Crippen LogP contribution is 2.24. The van der Waals surface area contributed by atoms with Crippen molar-refractivity contribution in [3.05, 3.63) is 28.8 Å². The number of carbonyl (C=O) groups excluding carboxylic acids is 1. The van der Waals surface area contributed by atoms with Gasteiger partial charge in [0.2, 0.25) is 0 Å². The zero-order chi connectivity index (χ0) is 12.6. The summed E-state index contributed by atoms with van der Waals surface area (Å²) in [5.41, 5.74) is 2.50. The van der Waals surface area contributed by atoms with Crippen molar-refractivity contribution >= 4 is 17.7 Å². The lowest BCUT2D eigenvalue weighted by molar-refractivity contribution is 0.0696. The molecule has 1 aromatic carbocycles. The third kappa shape index (κ3) is 1.95. The van der Waals surface area contributed by atoms with Gasteiger partial charge in [-0.2, -0.15) is 0 Å². The zero-order valence-electron chi connectivity index (χ0n) is 9.78. The van der Waals surface area contributed by atoms with E-state index in [-0.39, 0.29) is 11.6 Å². The number of amides is 2.